The fourth-order valence-electron chi connectivity index (χ4n) is 4.14. The summed E-state index contributed by atoms with van der Waals surface area (Å²) < 4.78 is 7.44. The van der Waals surface area contributed by atoms with Gasteiger partial charge < -0.3 is 14.6 Å². The predicted molar refractivity (Wildman–Crippen MR) is 129 cm³/mol. The monoisotopic (exact) mass is 454 g/mol. The van der Waals surface area contributed by atoms with E-state index in [1.165, 1.54) is 0 Å². The van der Waals surface area contributed by atoms with Gasteiger partial charge in [0.1, 0.15) is 11.5 Å². The van der Waals surface area contributed by atoms with Crippen molar-refractivity contribution in [3.8, 4) is 17.1 Å². The van der Waals surface area contributed by atoms with Gasteiger partial charge in [-0.05, 0) is 61.7 Å². The molecule has 2 amide bonds. The third kappa shape index (κ3) is 4.50. The molecule has 1 aliphatic rings. The van der Waals surface area contributed by atoms with Crippen molar-refractivity contribution in [1.29, 1.82) is 0 Å². The molecule has 7 nitrogen and oxygen atoms in total. The second-order valence-electron chi connectivity index (χ2n) is 8.46. The van der Waals surface area contributed by atoms with Gasteiger partial charge in [-0.15, -0.1) is 0 Å². The molecule has 4 aromatic rings. The Kier molecular flexibility index (Phi) is 5.99. The van der Waals surface area contributed by atoms with Crippen molar-refractivity contribution in [1.82, 2.24) is 20.0 Å². The number of nitrogens with one attached hydrogen (secondary N) is 1. The van der Waals surface area contributed by atoms with E-state index >= 15 is 0 Å². The summed E-state index contributed by atoms with van der Waals surface area (Å²) in [6, 6.07) is 20.7. The molecule has 172 valence electrons. The summed E-state index contributed by atoms with van der Waals surface area (Å²) in [5.41, 5.74) is 3.36. The number of carbonyl (C=O) groups is 2. The maximum absolute atomic E-state index is 13.1. The summed E-state index contributed by atoms with van der Waals surface area (Å²) in [6.45, 7) is 3.84. The first-order valence-corrected chi connectivity index (χ1v) is 11.5. The minimum atomic E-state index is -0.247. The summed E-state index contributed by atoms with van der Waals surface area (Å²) in [6.07, 6.45) is 3.85. The standard InChI is InChI=1S/C27H26N4O3/c1-19-9-14-24(34-19)25-23(18-31(29-25)22-7-3-2-4-8-22)26(32)28-17-20-10-12-21(13-11-20)27(33)30-15-5-6-16-30/h2-4,7-14,18H,5-6,15-17H2,1H3,(H,28,32). The molecule has 0 bridgehead atoms. The molecule has 1 N–H and O–H groups in total. The Bertz CT molecular complexity index is 1300. The van der Waals surface area contributed by atoms with Crippen LogP contribution in [0, 0.1) is 6.92 Å². The normalized spacial score (nSPS) is 13.3. The summed E-state index contributed by atoms with van der Waals surface area (Å²) in [5, 5.41) is 7.60. The summed E-state index contributed by atoms with van der Waals surface area (Å²) in [4.78, 5) is 27.6. The topological polar surface area (TPSA) is 80.4 Å². The van der Waals surface area contributed by atoms with Crippen molar-refractivity contribution in [2.75, 3.05) is 13.1 Å². The van der Waals surface area contributed by atoms with Crippen LogP contribution in [-0.2, 0) is 6.54 Å². The first-order valence-electron chi connectivity index (χ1n) is 11.5. The van der Waals surface area contributed by atoms with Gasteiger partial charge in [-0.2, -0.15) is 5.10 Å². The van der Waals surface area contributed by atoms with Gasteiger partial charge >= 0.3 is 0 Å². The Morgan fingerprint density at radius 1 is 0.971 bits per heavy atom. The number of hydrogen-bond acceptors (Lipinski definition) is 4. The van der Waals surface area contributed by atoms with Crippen LogP contribution in [0.1, 0.15) is 44.9 Å². The highest BCUT2D eigenvalue weighted by molar-refractivity contribution is 5.99. The number of aryl methyl sites for hydroxylation is 1. The number of furan rings is 1. The van der Waals surface area contributed by atoms with E-state index in [0.717, 1.165) is 42.9 Å². The highest BCUT2D eigenvalue weighted by Gasteiger charge is 2.21. The van der Waals surface area contributed by atoms with Gasteiger partial charge in [0.25, 0.3) is 11.8 Å². The summed E-state index contributed by atoms with van der Waals surface area (Å²) in [7, 11) is 0. The van der Waals surface area contributed by atoms with E-state index in [-0.39, 0.29) is 11.8 Å². The van der Waals surface area contributed by atoms with Gasteiger partial charge in [0.15, 0.2) is 5.76 Å². The Labute approximate surface area is 198 Å². The zero-order chi connectivity index (χ0) is 23.5. The van der Waals surface area contributed by atoms with E-state index in [1.807, 2.05) is 78.6 Å². The Balaban J connectivity index is 1.33. The average Bonchev–Trinajstić information content (AvgIpc) is 3.64. The quantitative estimate of drug-likeness (QED) is 0.462. The molecule has 7 heteroatoms. The Morgan fingerprint density at radius 3 is 2.38 bits per heavy atom. The fraction of sp³-hybridized carbons (Fsp3) is 0.222. The van der Waals surface area contributed by atoms with Crippen LogP contribution in [0.4, 0.5) is 0 Å². The van der Waals surface area contributed by atoms with E-state index in [1.54, 1.807) is 10.9 Å². The lowest BCUT2D eigenvalue weighted by Crippen LogP contribution is -2.27. The van der Waals surface area contributed by atoms with Crippen molar-refractivity contribution >= 4 is 11.8 Å². The van der Waals surface area contributed by atoms with Crippen LogP contribution in [0.2, 0.25) is 0 Å². The summed E-state index contributed by atoms with van der Waals surface area (Å²) in [5.74, 6) is 1.12. The van der Waals surface area contributed by atoms with Crippen molar-refractivity contribution in [3.63, 3.8) is 0 Å². The number of benzene rings is 2. The predicted octanol–water partition coefficient (Wildman–Crippen LogP) is 4.61. The largest absolute Gasteiger partial charge is 0.460 e. The molecule has 2 aromatic heterocycles. The van der Waals surface area contributed by atoms with Gasteiger partial charge in [0.05, 0.1) is 11.3 Å². The smallest absolute Gasteiger partial charge is 0.255 e. The molecule has 5 rings (SSSR count). The molecular weight excluding hydrogens is 428 g/mol. The Hall–Kier alpha value is -4.13. The van der Waals surface area contributed by atoms with E-state index < -0.39 is 0 Å². The zero-order valence-corrected chi connectivity index (χ0v) is 19.0. The zero-order valence-electron chi connectivity index (χ0n) is 19.0. The SMILES string of the molecule is Cc1ccc(-c2nn(-c3ccccc3)cc2C(=O)NCc2ccc(C(=O)N3CCCC3)cc2)o1. The van der Waals surface area contributed by atoms with Crippen LogP contribution in [0.25, 0.3) is 17.1 Å². The number of hydrogen-bond donors (Lipinski definition) is 1. The minimum Gasteiger partial charge on any atom is -0.460 e. The van der Waals surface area contributed by atoms with Crippen LogP contribution in [-0.4, -0.2) is 39.6 Å². The molecule has 3 heterocycles. The maximum Gasteiger partial charge on any atom is 0.255 e. The molecule has 0 radical (unpaired) electrons. The van der Waals surface area contributed by atoms with Crippen LogP contribution >= 0.6 is 0 Å². The second kappa shape index (κ2) is 9.39. The molecule has 0 unspecified atom stereocenters. The van der Waals surface area contributed by atoms with Crippen LogP contribution in [0.15, 0.2) is 77.3 Å². The van der Waals surface area contributed by atoms with E-state index in [2.05, 4.69) is 10.4 Å². The molecule has 2 aromatic carbocycles. The lowest BCUT2D eigenvalue weighted by atomic mass is 10.1. The van der Waals surface area contributed by atoms with Gasteiger partial charge in [-0.1, -0.05) is 30.3 Å². The van der Waals surface area contributed by atoms with Crippen LogP contribution in [0.5, 0.6) is 0 Å². The van der Waals surface area contributed by atoms with E-state index in [9.17, 15) is 9.59 Å². The number of para-hydroxylation sites is 1. The fourth-order valence-corrected chi connectivity index (χ4v) is 4.14. The first kappa shape index (κ1) is 21.7. The highest BCUT2D eigenvalue weighted by Crippen LogP contribution is 2.26. The number of carbonyl (C=O) groups excluding carboxylic acids is 2. The van der Waals surface area contributed by atoms with Crippen molar-refractivity contribution in [3.05, 3.63) is 95.4 Å². The third-order valence-corrected chi connectivity index (χ3v) is 6.00. The van der Waals surface area contributed by atoms with E-state index in [0.29, 0.717) is 29.1 Å². The van der Waals surface area contributed by atoms with Crippen LogP contribution < -0.4 is 5.32 Å². The molecule has 0 spiro atoms. The Morgan fingerprint density at radius 2 is 1.71 bits per heavy atom. The summed E-state index contributed by atoms with van der Waals surface area (Å²) >= 11 is 0. The van der Waals surface area contributed by atoms with Crippen molar-refractivity contribution < 1.29 is 14.0 Å². The molecule has 0 aliphatic carbocycles. The van der Waals surface area contributed by atoms with E-state index in [4.69, 9.17) is 4.42 Å². The molecule has 0 saturated carbocycles. The van der Waals surface area contributed by atoms with Gasteiger partial charge in [0, 0.05) is 31.4 Å². The minimum absolute atomic E-state index is 0.0693. The average molecular weight is 455 g/mol. The lowest BCUT2D eigenvalue weighted by Gasteiger charge is -2.15. The second-order valence-corrected chi connectivity index (χ2v) is 8.46. The molecule has 1 saturated heterocycles. The molecule has 1 fully saturated rings. The lowest BCUT2D eigenvalue weighted by molar-refractivity contribution is 0.0792. The number of nitrogens with zero attached hydrogens (tertiary/aromatic N) is 3. The van der Waals surface area contributed by atoms with Gasteiger partial charge in [-0.25, -0.2) is 4.68 Å². The molecule has 0 atom stereocenters. The molecule has 1 aliphatic heterocycles. The third-order valence-electron chi connectivity index (χ3n) is 6.00. The number of likely N-dealkylation sites (tertiary alicyclic amines) is 1. The van der Waals surface area contributed by atoms with Crippen molar-refractivity contribution in [2.45, 2.75) is 26.3 Å². The first-order chi connectivity index (χ1) is 16.6. The number of aromatic nitrogens is 2. The van der Waals surface area contributed by atoms with Crippen LogP contribution in [0.3, 0.4) is 0 Å². The number of rotatable bonds is 6. The maximum atomic E-state index is 13.1. The number of amides is 2. The van der Waals surface area contributed by atoms with Crippen molar-refractivity contribution in [2.24, 2.45) is 0 Å². The molecule has 34 heavy (non-hydrogen) atoms. The highest BCUT2D eigenvalue weighted by atomic mass is 16.3. The van der Waals surface area contributed by atoms with Gasteiger partial charge in [0.2, 0.25) is 0 Å². The molecular formula is C27H26N4O3. The van der Waals surface area contributed by atoms with Gasteiger partial charge in [-0.3, -0.25) is 9.59 Å².